The first-order valence-electron chi connectivity index (χ1n) is 4.58. The van der Waals surface area contributed by atoms with Gasteiger partial charge >= 0.3 is 0 Å². The molecule has 0 aromatic carbocycles. The molecule has 0 aliphatic heterocycles. The van der Waals surface area contributed by atoms with E-state index in [1.807, 2.05) is 6.07 Å². The number of nitrogens with zero attached hydrogens (tertiary/aromatic N) is 4. The molecule has 5 heteroatoms. The predicted octanol–water partition coefficient (Wildman–Crippen LogP) is 1.42. The maximum Gasteiger partial charge on any atom is 0.233 e. The molecule has 0 aliphatic carbocycles. The molecule has 0 saturated heterocycles. The van der Waals surface area contributed by atoms with Gasteiger partial charge < -0.3 is 4.74 Å². The average molecular weight is 212 g/mol. The SMILES string of the molecule is COc1ccc(-c2ccc(C#N)cn2)nn1. The lowest BCUT2D eigenvalue weighted by Crippen LogP contribution is -1.93. The first-order valence-corrected chi connectivity index (χ1v) is 4.58. The summed E-state index contributed by atoms with van der Waals surface area (Å²) in [5.41, 5.74) is 1.84. The van der Waals surface area contributed by atoms with Crippen LogP contribution in [0.2, 0.25) is 0 Å². The van der Waals surface area contributed by atoms with Crippen LogP contribution in [0.3, 0.4) is 0 Å². The number of nitriles is 1. The minimum absolute atomic E-state index is 0.456. The highest BCUT2D eigenvalue weighted by Gasteiger charge is 2.02. The Hall–Kier alpha value is -2.48. The summed E-state index contributed by atoms with van der Waals surface area (Å²) >= 11 is 0. The second-order valence-corrected chi connectivity index (χ2v) is 3.00. The maximum absolute atomic E-state index is 8.63. The fourth-order valence-electron chi connectivity index (χ4n) is 1.18. The Bertz CT molecular complexity index is 513. The van der Waals surface area contributed by atoms with Crippen molar-refractivity contribution in [3.63, 3.8) is 0 Å². The van der Waals surface area contributed by atoms with Crippen LogP contribution < -0.4 is 4.74 Å². The van der Waals surface area contributed by atoms with Crippen LogP contribution >= 0.6 is 0 Å². The Kier molecular flexibility index (Phi) is 2.74. The maximum atomic E-state index is 8.63. The highest BCUT2D eigenvalue weighted by molar-refractivity contribution is 5.54. The van der Waals surface area contributed by atoms with Gasteiger partial charge in [-0.15, -0.1) is 10.2 Å². The summed E-state index contributed by atoms with van der Waals surface area (Å²) in [5, 5.41) is 16.4. The lowest BCUT2D eigenvalue weighted by molar-refractivity contribution is 0.392. The van der Waals surface area contributed by atoms with Crippen LogP contribution in [0.5, 0.6) is 5.88 Å². The molecule has 0 aliphatic rings. The molecule has 0 unspecified atom stereocenters. The number of ether oxygens (including phenoxy) is 1. The van der Waals surface area contributed by atoms with E-state index in [9.17, 15) is 0 Å². The largest absolute Gasteiger partial charge is 0.480 e. The van der Waals surface area contributed by atoms with Crippen molar-refractivity contribution in [1.82, 2.24) is 15.2 Å². The van der Waals surface area contributed by atoms with Gasteiger partial charge in [0.05, 0.1) is 18.4 Å². The van der Waals surface area contributed by atoms with E-state index in [1.165, 1.54) is 13.3 Å². The highest BCUT2D eigenvalue weighted by Crippen LogP contribution is 2.15. The van der Waals surface area contributed by atoms with Crippen LogP contribution in [0, 0.1) is 11.3 Å². The number of methoxy groups -OCH3 is 1. The lowest BCUT2D eigenvalue weighted by atomic mass is 10.2. The number of rotatable bonds is 2. The standard InChI is InChI=1S/C11H8N4O/c1-16-11-5-4-10(14-15-11)9-3-2-8(6-12)7-13-9/h2-5,7H,1H3. The van der Waals surface area contributed by atoms with Gasteiger partial charge in [-0.3, -0.25) is 4.98 Å². The second-order valence-electron chi connectivity index (χ2n) is 3.00. The first-order chi connectivity index (χ1) is 7.83. The number of hydrogen-bond acceptors (Lipinski definition) is 5. The molecule has 0 radical (unpaired) electrons. The summed E-state index contributed by atoms with van der Waals surface area (Å²) < 4.78 is 4.90. The van der Waals surface area contributed by atoms with E-state index >= 15 is 0 Å². The van der Waals surface area contributed by atoms with Crippen molar-refractivity contribution < 1.29 is 4.74 Å². The van der Waals surface area contributed by atoms with E-state index in [-0.39, 0.29) is 0 Å². The van der Waals surface area contributed by atoms with Crippen LogP contribution in [0.25, 0.3) is 11.4 Å². The number of pyridine rings is 1. The molecule has 2 heterocycles. The van der Waals surface area contributed by atoms with Crippen LogP contribution in [0.15, 0.2) is 30.5 Å². The molecule has 0 fully saturated rings. The van der Waals surface area contributed by atoms with Crippen LogP contribution in [-0.4, -0.2) is 22.3 Å². The number of hydrogen-bond donors (Lipinski definition) is 0. The topological polar surface area (TPSA) is 71.7 Å². The van der Waals surface area contributed by atoms with Crippen LogP contribution in [-0.2, 0) is 0 Å². The van der Waals surface area contributed by atoms with Gasteiger partial charge in [-0.1, -0.05) is 0 Å². The third-order valence-corrected chi connectivity index (χ3v) is 2.00. The number of aromatic nitrogens is 3. The zero-order chi connectivity index (χ0) is 11.4. The molecule has 16 heavy (non-hydrogen) atoms. The fraction of sp³-hybridized carbons (Fsp3) is 0.0909. The van der Waals surface area contributed by atoms with E-state index in [0.29, 0.717) is 22.8 Å². The zero-order valence-corrected chi connectivity index (χ0v) is 8.58. The van der Waals surface area contributed by atoms with Crippen molar-refractivity contribution in [2.45, 2.75) is 0 Å². The smallest absolute Gasteiger partial charge is 0.233 e. The second kappa shape index (κ2) is 4.36. The van der Waals surface area contributed by atoms with Gasteiger partial charge in [-0.05, 0) is 18.2 Å². The first kappa shape index (κ1) is 10.1. The van der Waals surface area contributed by atoms with Crippen molar-refractivity contribution in [2.24, 2.45) is 0 Å². The third-order valence-electron chi connectivity index (χ3n) is 2.00. The van der Waals surface area contributed by atoms with Crippen molar-refractivity contribution in [1.29, 1.82) is 5.26 Å². The van der Waals surface area contributed by atoms with Gasteiger partial charge in [-0.2, -0.15) is 5.26 Å². The summed E-state index contributed by atoms with van der Waals surface area (Å²) in [6.45, 7) is 0. The van der Waals surface area contributed by atoms with Crippen molar-refractivity contribution in [3.8, 4) is 23.3 Å². The molecule has 0 N–H and O–H groups in total. The summed E-state index contributed by atoms with van der Waals surface area (Å²) in [4.78, 5) is 4.11. The van der Waals surface area contributed by atoms with Crippen molar-refractivity contribution in [3.05, 3.63) is 36.0 Å². The van der Waals surface area contributed by atoms with E-state index in [2.05, 4.69) is 15.2 Å². The Morgan fingerprint density at radius 3 is 2.44 bits per heavy atom. The van der Waals surface area contributed by atoms with Crippen molar-refractivity contribution >= 4 is 0 Å². The van der Waals surface area contributed by atoms with Gasteiger partial charge in [0.15, 0.2) is 0 Å². The molecule has 0 bridgehead atoms. The molecule has 2 aromatic heterocycles. The predicted molar refractivity (Wildman–Crippen MR) is 56.5 cm³/mol. The van der Waals surface area contributed by atoms with Crippen molar-refractivity contribution in [2.75, 3.05) is 7.11 Å². The molecule has 0 atom stereocenters. The molecular formula is C11H8N4O. The van der Waals surface area contributed by atoms with Gasteiger partial charge in [0.25, 0.3) is 0 Å². The Balaban J connectivity index is 2.32. The molecule has 0 saturated carbocycles. The van der Waals surface area contributed by atoms with Crippen LogP contribution in [0.4, 0.5) is 0 Å². The molecule has 2 aromatic rings. The third kappa shape index (κ3) is 1.96. The Morgan fingerprint density at radius 2 is 1.94 bits per heavy atom. The summed E-state index contributed by atoms with van der Waals surface area (Å²) in [6.07, 6.45) is 1.50. The summed E-state index contributed by atoms with van der Waals surface area (Å²) in [5.74, 6) is 0.456. The van der Waals surface area contributed by atoms with Gasteiger partial charge in [0.1, 0.15) is 11.8 Å². The molecule has 78 valence electrons. The monoisotopic (exact) mass is 212 g/mol. The summed E-state index contributed by atoms with van der Waals surface area (Å²) in [7, 11) is 1.53. The molecule has 2 rings (SSSR count). The lowest BCUT2D eigenvalue weighted by Gasteiger charge is -2.00. The molecule has 0 amide bonds. The minimum Gasteiger partial charge on any atom is -0.480 e. The minimum atomic E-state index is 0.456. The quantitative estimate of drug-likeness (QED) is 0.752. The van der Waals surface area contributed by atoms with E-state index in [1.54, 1.807) is 24.3 Å². The summed E-state index contributed by atoms with van der Waals surface area (Å²) in [6, 6.07) is 8.90. The zero-order valence-electron chi connectivity index (χ0n) is 8.58. The molecular weight excluding hydrogens is 204 g/mol. The average Bonchev–Trinajstić information content (AvgIpc) is 2.39. The Labute approximate surface area is 92.4 Å². The van der Waals surface area contributed by atoms with E-state index in [4.69, 9.17) is 10.00 Å². The Morgan fingerprint density at radius 1 is 1.12 bits per heavy atom. The molecule has 0 spiro atoms. The normalized spacial score (nSPS) is 9.50. The van der Waals surface area contributed by atoms with Crippen LogP contribution in [0.1, 0.15) is 5.56 Å². The van der Waals surface area contributed by atoms with E-state index in [0.717, 1.165) is 0 Å². The fourth-order valence-corrected chi connectivity index (χ4v) is 1.18. The van der Waals surface area contributed by atoms with Gasteiger partial charge in [0.2, 0.25) is 5.88 Å². The van der Waals surface area contributed by atoms with Gasteiger partial charge in [-0.25, -0.2) is 0 Å². The van der Waals surface area contributed by atoms with Gasteiger partial charge in [0, 0.05) is 12.3 Å². The van der Waals surface area contributed by atoms with E-state index < -0.39 is 0 Å². The molecule has 5 nitrogen and oxygen atoms in total. The highest BCUT2D eigenvalue weighted by atomic mass is 16.5.